The molecule has 1 aliphatic carbocycles. The summed E-state index contributed by atoms with van der Waals surface area (Å²) in [5.74, 6) is 0.294. The van der Waals surface area contributed by atoms with Gasteiger partial charge in [-0.25, -0.2) is 0 Å². The zero-order valence-corrected chi connectivity index (χ0v) is 9.38. The molecule has 2 nitrogen and oxygen atoms in total. The smallest absolute Gasteiger partial charge is 0.188 e. The zero-order valence-electron chi connectivity index (χ0n) is 9.38. The van der Waals surface area contributed by atoms with Crippen molar-refractivity contribution in [2.45, 2.75) is 39.4 Å². The van der Waals surface area contributed by atoms with E-state index in [0.29, 0.717) is 11.3 Å². The maximum Gasteiger partial charge on any atom is 0.188 e. The lowest BCUT2D eigenvalue weighted by atomic mass is 9.74. The van der Waals surface area contributed by atoms with Crippen molar-refractivity contribution in [3.8, 4) is 0 Å². The Hall–Kier alpha value is -0.340. The van der Waals surface area contributed by atoms with Gasteiger partial charge in [0.05, 0.1) is 13.2 Å². The Morgan fingerprint density at radius 3 is 2.29 bits per heavy atom. The molecule has 1 fully saturated rings. The van der Waals surface area contributed by atoms with E-state index < -0.39 is 0 Å². The first-order valence-corrected chi connectivity index (χ1v) is 5.49. The van der Waals surface area contributed by atoms with Crippen LogP contribution in [0.25, 0.3) is 0 Å². The van der Waals surface area contributed by atoms with Gasteiger partial charge in [0, 0.05) is 6.42 Å². The van der Waals surface area contributed by atoms with Crippen molar-refractivity contribution in [3.05, 3.63) is 12.2 Å². The predicted molar refractivity (Wildman–Crippen MR) is 56.0 cm³/mol. The third kappa shape index (κ3) is 1.86. The van der Waals surface area contributed by atoms with Crippen LogP contribution in [0.4, 0.5) is 0 Å². The van der Waals surface area contributed by atoms with Gasteiger partial charge >= 0.3 is 0 Å². The van der Waals surface area contributed by atoms with Crippen molar-refractivity contribution < 1.29 is 9.47 Å². The molecule has 2 aliphatic rings. The second-order valence-electron chi connectivity index (χ2n) is 5.38. The zero-order chi connectivity index (χ0) is 10.2. The van der Waals surface area contributed by atoms with Gasteiger partial charge in [-0.05, 0) is 23.8 Å². The highest BCUT2D eigenvalue weighted by Crippen LogP contribution is 2.39. The topological polar surface area (TPSA) is 18.5 Å². The molecule has 0 bridgehead atoms. The fourth-order valence-electron chi connectivity index (χ4n) is 2.23. The summed E-state index contributed by atoms with van der Waals surface area (Å²) < 4.78 is 11.3. The number of hydrogen-bond acceptors (Lipinski definition) is 2. The van der Waals surface area contributed by atoms with Gasteiger partial charge in [0.25, 0.3) is 0 Å². The Morgan fingerprint density at radius 1 is 1.21 bits per heavy atom. The van der Waals surface area contributed by atoms with E-state index in [1.165, 1.54) is 6.42 Å². The van der Waals surface area contributed by atoms with Crippen LogP contribution in [0.15, 0.2) is 12.2 Å². The lowest BCUT2D eigenvalue weighted by Gasteiger charge is -2.36. The molecule has 0 amide bonds. The summed E-state index contributed by atoms with van der Waals surface area (Å²) in [6, 6.07) is 0. The maximum absolute atomic E-state index is 5.63. The van der Waals surface area contributed by atoms with Crippen molar-refractivity contribution in [1.29, 1.82) is 0 Å². The van der Waals surface area contributed by atoms with Crippen molar-refractivity contribution >= 4 is 0 Å². The molecule has 1 aliphatic heterocycles. The minimum Gasteiger partial charge on any atom is -0.344 e. The Kier molecular flexibility index (Phi) is 2.44. The van der Waals surface area contributed by atoms with Crippen molar-refractivity contribution in [1.82, 2.24) is 0 Å². The largest absolute Gasteiger partial charge is 0.344 e. The average molecular weight is 196 g/mol. The highest BCUT2D eigenvalue weighted by molar-refractivity contribution is 5.07. The van der Waals surface area contributed by atoms with Crippen LogP contribution >= 0.6 is 0 Å². The Labute approximate surface area is 86.3 Å². The highest BCUT2D eigenvalue weighted by Gasteiger charge is 2.38. The lowest BCUT2D eigenvalue weighted by Crippen LogP contribution is -2.34. The molecule has 0 aromatic carbocycles. The van der Waals surface area contributed by atoms with E-state index in [0.717, 1.165) is 19.6 Å². The third-order valence-corrected chi connectivity index (χ3v) is 3.27. The van der Waals surface area contributed by atoms with E-state index in [4.69, 9.17) is 9.47 Å². The molecular weight excluding hydrogens is 176 g/mol. The second kappa shape index (κ2) is 3.35. The van der Waals surface area contributed by atoms with Crippen molar-refractivity contribution in [3.63, 3.8) is 0 Å². The molecule has 1 unspecified atom stereocenters. The van der Waals surface area contributed by atoms with Gasteiger partial charge in [-0.1, -0.05) is 26.8 Å². The van der Waals surface area contributed by atoms with Crippen LogP contribution in [0, 0.1) is 11.3 Å². The molecule has 0 saturated carbocycles. The summed E-state index contributed by atoms with van der Waals surface area (Å²) in [6.45, 7) is 8.35. The van der Waals surface area contributed by atoms with Crippen LogP contribution < -0.4 is 0 Å². The highest BCUT2D eigenvalue weighted by atomic mass is 16.7. The van der Waals surface area contributed by atoms with Gasteiger partial charge in [0.2, 0.25) is 0 Å². The van der Waals surface area contributed by atoms with Gasteiger partial charge in [-0.2, -0.15) is 0 Å². The first-order valence-electron chi connectivity index (χ1n) is 5.49. The van der Waals surface area contributed by atoms with E-state index in [1.807, 2.05) is 0 Å². The molecule has 0 aromatic heterocycles. The molecule has 0 aromatic rings. The summed E-state index contributed by atoms with van der Waals surface area (Å²) in [4.78, 5) is 0. The monoisotopic (exact) mass is 196 g/mol. The van der Waals surface area contributed by atoms with E-state index in [2.05, 4.69) is 32.9 Å². The Morgan fingerprint density at radius 2 is 1.86 bits per heavy atom. The van der Waals surface area contributed by atoms with E-state index in [-0.39, 0.29) is 5.79 Å². The predicted octanol–water partition coefficient (Wildman–Crippen LogP) is 2.74. The SMILES string of the molecule is CC(C)(C)C1C=CC2(CC1)OCCO2. The number of allylic oxidation sites excluding steroid dienone is 1. The fraction of sp³-hybridized carbons (Fsp3) is 0.833. The Bertz CT molecular complexity index is 231. The molecule has 14 heavy (non-hydrogen) atoms. The van der Waals surface area contributed by atoms with E-state index >= 15 is 0 Å². The van der Waals surface area contributed by atoms with Crippen molar-refractivity contribution in [2.75, 3.05) is 13.2 Å². The molecule has 1 atom stereocenters. The van der Waals surface area contributed by atoms with Crippen LogP contribution in [-0.2, 0) is 9.47 Å². The van der Waals surface area contributed by atoms with Gasteiger partial charge in [-0.15, -0.1) is 0 Å². The van der Waals surface area contributed by atoms with Gasteiger partial charge < -0.3 is 9.47 Å². The summed E-state index contributed by atoms with van der Waals surface area (Å²) in [5, 5.41) is 0. The summed E-state index contributed by atoms with van der Waals surface area (Å²) >= 11 is 0. The molecule has 1 heterocycles. The standard InChI is InChI=1S/C12H20O2/c1-11(2,3)10-4-6-12(7-5-10)13-8-9-14-12/h4,6,10H,5,7-9H2,1-3H3. The molecular formula is C12H20O2. The molecule has 0 N–H and O–H groups in total. The van der Waals surface area contributed by atoms with Crippen molar-refractivity contribution in [2.24, 2.45) is 11.3 Å². The second-order valence-corrected chi connectivity index (χ2v) is 5.38. The average Bonchev–Trinajstić information content (AvgIpc) is 2.53. The number of ether oxygens (including phenoxy) is 2. The normalized spacial score (nSPS) is 31.2. The summed E-state index contributed by atoms with van der Waals surface area (Å²) in [5.41, 5.74) is 0.358. The molecule has 80 valence electrons. The lowest BCUT2D eigenvalue weighted by molar-refractivity contribution is -0.129. The van der Waals surface area contributed by atoms with Crippen LogP contribution in [-0.4, -0.2) is 19.0 Å². The Balaban J connectivity index is 2.06. The number of hydrogen-bond donors (Lipinski definition) is 0. The fourth-order valence-corrected chi connectivity index (χ4v) is 2.23. The van der Waals surface area contributed by atoms with E-state index in [1.54, 1.807) is 0 Å². The van der Waals surface area contributed by atoms with E-state index in [9.17, 15) is 0 Å². The first-order chi connectivity index (χ1) is 6.52. The minimum atomic E-state index is -0.359. The quantitative estimate of drug-likeness (QED) is 0.555. The van der Waals surface area contributed by atoms with Crippen LogP contribution in [0.1, 0.15) is 33.6 Å². The first kappa shape index (κ1) is 10.2. The third-order valence-electron chi connectivity index (χ3n) is 3.27. The maximum atomic E-state index is 5.63. The molecule has 0 radical (unpaired) electrons. The molecule has 1 spiro atoms. The van der Waals surface area contributed by atoms with Crippen LogP contribution in [0.5, 0.6) is 0 Å². The van der Waals surface area contributed by atoms with Gasteiger partial charge in [0.15, 0.2) is 5.79 Å². The van der Waals surface area contributed by atoms with Crippen LogP contribution in [0.3, 0.4) is 0 Å². The molecule has 2 heteroatoms. The van der Waals surface area contributed by atoms with Gasteiger partial charge in [-0.3, -0.25) is 0 Å². The summed E-state index contributed by atoms with van der Waals surface area (Å²) in [7, 11) is 0. The summed E-state index contributed by atoms with van der Waals surface area (Å²) in [6.07, 6.45) is 6.57. The van der Waals surface area contributed by atoms with Gasteiger partial charge in [0.1, 0.15) is 0 Å². The number of rotatable bonds is 0. The molecule has 2 rings (SSSR count). The molecule has 1 saturated heterocycles. The minimum absolute atomic E-state index is 0.358. The van der Waals surface area contributed by atoms with Crippen LogP contribution in [0.2, 0.25) is 0 Å².